The number of aromatic nitrogens is 2. The largest absolute Gasteiger partial charge is 0.354 e. The Morgan fingerprint density at radius 2 is 1.48 bits per heavy atom. The van der Waals surface area contributed by atoms with Crippen LogP contribution >= 0.6 is 0 Å². The predicted molar refractivity (Wildman–Crippen MR) is 88.6 cm³/mol. The molecule has 0 saturated heterocycles. The van der Waals surface area contributed by atoms with Crippen LogP contribution in [0, 0.1) is 0 Å². The fraction of sp³-hybridized carbons (Fsp3) is 0. The number of nitrogens with one attached hydrogen (secondary N) is 1. The third kappa shape index (κ3) is 1.44. The smallest absolute Gasteiger partial charge is 0.0723 e. The van der Waals surface area contributed by atoms with Crippen molar-refractivity contribution >= 4 is 43.5 Å². The number of para-hydroxylation sites is 1. The van der Waals surface area contributed by atoms with Gasteiger partial charge in [-0.25, -0.2) is 0 Å². The van der Waals surface area contributed by atoms with Gasteiger partial charge in [-0.3, -0.25) is 4.98 Å². The van der Waals surface area contributed by atoms with Crippen molar-refractivity contribution in [1.82, 2.24) is 9.97 Å². The van der Waals surface area contributed by atoms with Gasteiger partial charge >= 0.3 is 0 Å². The molecule has 5 rings (SSSR count). The van der Waals surface area contributed by atoms with Gasteiger partial charge in [0.2, 0.25) is 0 Å². The van der Waals surface area contributed by atoms with Gasteiger partial charge in [0.15, 0.2) is 0 Å². The van der Waals surface area contributed by atoms with E-state index < -0.39 is 0 Å². The van der Waals surface area contributed by atoms with E-state index in [1.165, 1.54) is 38.0 Å². The summed E-state index contributed by atoms with van der Waals surface area (Å²) >= 11 is 0. The molecular weight excluding hydrogens is 256 g/mol. The van der Waals surface area contributed by atoms with Crippen molar-refractivity contribution < 1.29 is 0 Å². The summed E-state index contributed by atoms with van der Waals surface area (Å²) < 4.78 is 0. The van der Waals surface area contributed by atoms with Crippen LogP contribution in [0.3, 0.4) is 0 Å². The first-order chi connectivity index (χ1) is 10.4. The molecule has 0 fully saturated rings. The van der Waals surface area contributed by atoms with Crippen LogP contribution < -0.4 is 0 Å². The van der Waals surface area contributed by atoms with Crippen molar-refractivity contribution in [2.24, 2.45) is 0 Å². The average molecular weight is 268 g/mol. The molecule has 21 heavy (non-hydrogen) atoms. The van der Waals surface area contributed by atoms with E-state index in [0.717, 1.165) is 5.52 Å². The summed E-state index contributed by atoms with van der Waals surface area (Å²) in [5, 5.41) is 6.12. The van der Waals surface area contributed by atoms with Gasteiger partial charge in [0.25, 0.3) is 0 Å². The first-order valence-corrected chi connectivity index (χ1v) is 7.08. The van der Waals surface area contributed by atoms with Crippen LogP contribution in [0.15, 0.2) is 66.9 Å². The van der Waals surface area contributed by atoms with Gasteiger partial charge in [0.1, 0.15) is 0 Å². The molecule has 0 aliphatic carbocycles. The summed E-state index contributed by atoms with van der Waals surface area (Å²) in [7, 11) is 0. The number of hydrogen-bond acceptors (Lipinski definition) is 1. The molecule has 0 aliphatic heterocycles. The summed E-state index contributed by atoms with van der Waals surface area (Å²) in [5.41, 5.74) is 3.37. The maximum Gasteiger partial charge on any atom is 0.0723 e. The number of fused-ring (bicyclic) bond motifs is 6. The minimum absolute atomic E-state index is 1.03. The van der Waals surface area contributed by atoms with Gasteiger partial charge in [-0.15, -0.1) is 0 Å². The molecule has 2 heteroatoms. The SMILES string of the molecule is c1ccc2cc3c(cc2c1)[nH]c1c2ccccc2ncc31. The molecule has 0 saturated carbocycles. The number of hydrogen-bond donors (Lipinski definition) is 1. The minimum Gasteiger partial charge on any atom is -0.354 e. The van der Waals surface area contributed by atoms with Crippen LogP contribution in [0.1, 0.15) is 0 Å². The van der Waals surface area contributed by atoms with Crippen molar-refractivity contribution in [3.05, 3.63) is 66.9 Å². The normalized spacial score (nSPS) is 11.8. The topological polar surface area (TPSA) is 28.7 Å². The van der Waals surface area contributed by atoms with Crippen molar-refractivity contribution in [3.8, 4) is 0 Å². The molecule has 2 aromatic heterocycles. The van der Waals surface area contributed by atoms with E-state index in [1.807, 2.05) is 12.3 Å². The Hall–Kier alpha value is -2.87. The molecule has 0 spiro atoms. The van der Waals surface area contributed by atoms with Crippen LogP contribution in [0.4, 0.5) is 0 Å². The number of benzene rings is 3. The highest BCUT2D eigenvalue weighted by atomic mass is 14.7. The van der Waals surface area contributed by atoms with Crippen LogP contribution in [0.5, 0.6) is 0 Å². The number of rotatable bonds is 0. The number of aromatic amines is 1. The molecule has 0 radical (unpaired) electrons. The highest BCUT2D eigenvalue weighted by molar-refractivity contribution is 6.18. The Labute approximate surface area is 121 Å². The monoisotopic (exact) mass is 268 g/mol. The Kier molecular flexibility index (Phi) is 1.98. The third-order valence-corrected chi connectivity index (χ3v) is 4.21. The lowest BCUT2D eigenvalue weighted by molar-refractivity contribution is 1.44. The van der Waals surface area contributed by atoms with Crippen molar-refractivity contribution in [2.45, 2.75) is 0 Å². The maximum absolute atomic E-state index is 4.59. The molecule has 0 bridgehead atoms. The van der Waals surface area contributed by atoms with E-state index in [1.54, 1.807) is 0 Å². The average Bonchev–Trinajstić information content (AvgIpc) is 2.90. The molecule has 5 aromatic rings. The highest BCUT2D eigenvalue weighted by Crippen LogP contribution is 2.32. The van der Waals surface area contributed by atoms with Crippen LogP contribution in [0.2, 0.25) is 0 Å². The van der Waals surface area contributed by atoms with Gasteiger partial charge in [-0.05, 0) is 29.0 Å². The van der Waals surface area contributed by atoms with Gasteiger partial charge in [-0.1, -0.05) is 42.5 Å². The van der Waals surface area contributed by atoms with Crippen molar-refractivity contribution in [2.75, 3.05) is 0 Å². The molecule has 2 nitrogen and oxygen atoms in total. The lowest BCUT2D eigenvalue weighted by atomic mass is 10.1. The zero-order valence-electron chi connectivity index (χ0n) is 11.3. The van der Waals surface area contributed by atoms with E-state index in [9.17, 15) is 0 Å². The molecule has 0 unspecified atom stereocenters. The third-order valence-electron chi connectivity index (χ3n) is 4.21. The summed E-state index contributed by atoms with van der Waals surface area (Å²) in [6, 6.07) is 21.2. The predicted octanol–water partition coefficient (Wildman–Crippen LogP) is 5.02. The molecule has 0 amide bonds. The first-order valence-electron chi connectivity index (χ1n) is 7.08. The van der Waals surface area contributed by atoms with E-state index in [4.69, 9.17) is 0 Å². The zero-order chi connectivity index (χ0) is 13.8. The fourth-order valence-electron chi connectivity index (χ4n) is 3.18. The zero-order valence-corrected chi connectivity index (χ0v) is 11.3. The molecule has 98 valence electrons. The molecule has 1 N–H and O–H groups in total. The Morgan fingerprint density at radius 3 is 2.38 bits per heavy atom. The number of H-pyrrole nitrogens is 1. The summed E-state index contributed by atoms with van der Waals surface area (Å²) in [5.74, 6) is 0. The second-order valence-electron chi connectivity index (χ2n) is 5.43. The Morgan fingerprint density at radius 1 is 0.714 bits per heavy atom. The van der Waals surface area contributed by atoms with E-state index in [0.29, 0.717) is 0 Å². The second kappa shape index (κ2) is 3.83. The lowest BCUT2D eigenvalue weighted by Gasteiger charge is -1.98. The standard InChI is InChI=1S/C19H12N2/c1-2-6-13-10-18-15(9-12(13)5-1)16-11-20-17-8-4-3-7-14(17)19(16)21-18/h1-11,21H. The fourth-order valence-corrected chi connectivity index (χ4v) is 3.18. The van der Waals surface area contributed by atoms with Gasteiger partial charge in [0, 0.05) is 27.9 Å². The number of nitrogens with zero attached hydrogens (tertiary/aromatic N) is 1. The first kappa shape index (κ1) is 10.9. The van der Waals surface area contributed by atoms with Gasteiger partial charge in [-0.2, -0.15) is 0 Å². The van der Waals surface area contributed by atoms with Crippen molar-refractivity contribution in [3.63, 3.8) is 0 Å². The maximum atomic E-state index is 4.59. The highest BCUT2D eigenvalue weighted by Gasteiger charge is 2.09. The Balaban J connectivity index is 2.04. The second-order valence-corrected chi connectivity index (χ2v) is 5.43. The number of pyridine rings is 1. The van der Waals surface area contributed by atoms with Gasteiger partial charge < -0.3 is 4.98 Å². The summed E-state index contributed by atoms with van der Waals surface area (Å²) in [6.07, 6.45) is 1.98. The molecular formula is C19H12N2. The molecule has 0 atom stereocenters. The minimum atomic E-state index is 1.03. The summed E-state index contributed by atoms with van der Waals surface area (Å²) in [6.45, 7) is 0. The van der Waals surface area contributed by atoms with Gasteiger partial charge in [0.05, 0.1) is 11.0 Å². The van der Waals surface area contributed by atoms with E-state index in [2.05, 4.69) is 64.6 Å². The van der Waals surface area contributed by atoms with E-state index in [-0.39, 0.29) is 0 Å². The van der Waals surface area contributed by atoms with E-state index >= 15 is 0 Å². The lowest BCUT2D eigenvalue weighted by Crippen LogP contribution is -1.79. The van der Waals surface area contributed by atoms with Crippen LogP contribution in [0.25, 0.3) is 43.5 Å². The molecule has 2 heterocycles. The summed E-state index contributed by atoms with van der Waals surface area (Å²) in [4.78, 5) is 8.16. The quantitative estimate of drug-likeness (QED) is 0.419. The van der Waals surface area contributed by atoms with Crippen LogP contribution in [-0.2, 0) is 0 Å². The Bertz CT molecular complexity index is 1140. The van der Waals surface area contributed by atoms with Crippen LogP contribution in [-0.4, -0.2) is 9.97 Å². The molecule has 0 aliphatic rings. The van der Waals surface area contributed by atoms with Crippen molar-refractivity contribution in [1.29, 1.82) is 0 Å². The molecule has 3 aromatic carbocycles.